The highest BCUT2D eigenvalue weighted by Gasteiger charge is 2.45. The van der Waals surface area contributed by atoms with Crippen molar-refractivity contribution in [2.24, 2.45) is 0 Å². The van der Waals surface area contributed by atoms with Crippen LogP contribution in [0, 0.1) is 5.82 Å². The van der Waals surface area contributed by atoms with E-state index >= 15 is 0 Å². The van der Waals surface area contributed by atoms with E-state index in [9.17, 15) is 19.1 Å². The number of aliphatic hydroxyl groups is 1. The zero-order chi connectivity index (χ0) is 28.8. The van der Waals surface area contributed by atoms with Crippen LogP contribution in [0.15, 0.2) is 101 Å². The van der Waals surface area contributed by atoms with Gasteiger partial charge in [-0.3, -0.25) is 14.5 Å². The lowest BCUT2D eigenvalue weighted by atomic mass is 9.95. The first-order valence-electron chi connectivity index (χ1n) is 12.9. The molecular weight excluding hydrogens is 561 g/mol. The van der Waals surface area contributed by atoms with E-state index in [0.29, 0.717) is 33.6 Å². The highest BCUT2D eigenvalue weighted by molar-refractivity contribution is 8.00. The molecule has 0 fully saturated rings. The molecule has 0 bridgehead atoms. The molecular formula is C31H26FN3O4S2. The van der Waals surface area contributed by atoms with Crippen LogP contribution in [0.1, 0.15) is 36.1 Å². The molecule has 1 aliphatic rings. The molecule has 1 amide bonds. The van der Waals surface area contributed by atoms with Crippen LogP contribution >= 0.6 is 23.1 Å². The van der Waals surface area contributed by atoms with E-state index < -0.39 is 23.5 Å². The SMILES string of the molecule is CCCOc1cccc(C2C(C(=O)/C=C/c3ccccc3)=C(O)C(=O)N2c2nnc(SCc3ccccc3F)s2)c1. The molecule has 4 aromatic rings. The molecule has 0 spiro atoms. The number of amides is 1. The monoisotopic (exact) mass is 587 g/mol. The molecule has 1 aromatic heterocycles. The number of carbonyl (C=O) groups excluding carboxylic acids is 2. The molecule has 10 heteroatoms. The number of anilines is 1. The molecule has 3 aromatic carbocycles. The molecule has 1 unspecified atom stereocenters. The summed E-state index contributed by atoms with van der Waals surface area (Å²) in [6, 6.07) is 21.9. The first kappa shape index (κ1) is 28.3. The van der Waals surface area contributed by atoms with Crippen molar-refractivity contribution < 1.29 is 23.8 Å². The van der Waals surface area contributed by atoms with E-state index in [-0.39, 0.29) is 16.5 Å². The Morgan fingerprint density at radius 3 is 2.66 bits per heavy atom. The lowest BCUT2D eigenvalue weighted by Gasteiger charge is -2.24. The fraction of sp³-hybridized carbons (Fsp3) is 0.161. The topological polar surface area (TPSA) is 92.6 Å². The second-order valence-electron chi connectivity index (χ2n) is 9.10. The summed E-state index contributed by atoms with van der Waals surface area (Å²) >= 11 is 2.41. The average Bonchev–Trinajstić information content (AvgIpc) is 3.57. The number of aromatic nitrogens is 2. The molecule has 0 radical (unpaired) electrons. The molecule has 2 heterocycles. The smallest absolute Gasteiger partial charge is 0.296 e. The zero-order valence-electron chi connectivity index (χ0n) is 22.1. The van der Waals surface area contributed by atoms with Gasteiger partial charge in [-0.25, -0.2) is 4.39 Å². The van der Waals surface area contributed by atoms with Gasteiger partial charge in [-0.05, 0) is 47.4 Å². The zero-order valence-corrected chi connectivity index (χ0v) is 23.7. The Balaban J connectivity index is 1.48. The molecule has 7 nitrogen and oxygen atoms in total. The van der Waals surface area contributed by atoms with Gasteiger partial charge in [0.05, 0.1) is 18.2 Å². The largest absolute Gasteiger partial charge is 0.503 e. The number of allylic oxidation sites excluding steroid dienone is 1. The number of nitrogens with zero attached hydrogens (tertiary/aromatic N) is 3. The van der Waals surface area contributed by atoms with Crippen LogP contribution in [-0.4, -0.2) is 33.6 Å². The Kier molecular flexibility index (Phi) is 8.91. The fourth-order valence-corrected chi connectivity index (χ4v) is 6.16. The maximum atomic E-state index is 14.1. The Labute approximate surface area is 245 Å². The molecule has 1 atom stereocenters. The van der Waals surface area contributed by atoms with Crippen LogP contribution < -0.4 is 9.64 Å². The number of carbonyl (C=O) groups is 2. The predicted molar refractivity (Wildman–Crippen MR) is 158 cm³/mol. The van der Waals surface area contributed by atoms with Crippen molar-refractivity contribution in [3.63, 3.8) is 0 Å². The predicted octanol–water partition coefficient (Wildman–Crippen LogP) is 6.94. The summed E-state index contributed by atoms with van der Waals surface area (Å²) in [5.41, 5.74) is 1.83. The lowest BCUT2D eigenvalue weighted by Crippen LogP contribution is -2.30. The number of aliphatic hydroxyl groups excluding tert-OH is 1. The van der Waals surface area contributed by atoms with Crippen LogP contribution in [0.2, 0.25) is 0 Å². The van der Waals surface area contributed by atoms with Crippen molar-refractivity contribution >= 4 is 46.0 Å². The van der Waals surface area contributed by atoms with E-state index in [2.05, 4.69) is 10.2 Å². The van der Waals surface area contributed by atoms with E-state index in [1.807, 2.05) is 37.3 Å². The summed E-state index contributed by atoms with van der Waals surface area (Å²) in [7, 11) is 0. The first-order valence-corrected chi connectivity index (χ1v) is 14.7. The highest BCUT2D eigenvalue weighted by Crippen LogP contribution is 2.44. The molecule has 0 saturated carbocycles. The van der Waals surface area contributed by atoms with Gasteiger partial charge in [0.25, 0.3) is 5.91 Å². The average molecular weight is 588 g/mol. The number of hydrogen-bond donors (Lipinski definition) is 1. The van der Waals surface area contributed by atoms with E-state index in [4.69, 9.17) is 4.74 Å². The van der Waals surface area contributed by atoms with Crippen LogP contribution in [0.4, 0.5) is 9.52 Å². The van der Waals surface area contributed by atoms with Gasteiger partial charge >= 0.3 is 0 Å². The molecule has 1 N–H and O–H groups in total. The van der Waals surface area contributed by atoms with Gasteiger partial charge in [-0.1, -0.05) is 96.8 Å². The van der Waals surface area contributed by atoms with Crippen molar-refractivity contribution in [1.82, 2.24) is 10.2 Å². The summed E-state index contributed by atoms with van der Waals surface area (Å²) in [6.07, 6.45) is 3.79. The number of benzene rings is 3. The van der Waals surface area contributed by atoms with Gasteiger partial charge in [0, 0.05) is 5.75 Å². The Bertz CT molecular complexity index is 1620. The van der Waals surface area contributed by atoms with Gasteiger partial charge in [-0.15, -0.1) is 10.2 Å². The van der Waals surface area contributed by atoms with Crippen molar-refractivity contribution in [2.75, 3.05) is 11.5 Å². The van der Waals surface area contributed by atoms with Gasteiger partial charge in [-0.2, -0.15) is 0 Å². The maximum Gasteiger partial charge on any atom is 0.296 e. The number of ketones is 1. The normalized spacial score (nSPS) is 15.2. The maximum absolute atomic E-state index is 14.1. The quantitative estimate of drug-likeness (QED) is 0.115. The highest BCUT2D eigenvalue weighted by atomic mass is 32.2. The lowest BCUT2D eigenvalue weighted by molar-refractivity contribution is -0.117. The van der Waals surface area contributed by atoms with Crippen LogP contribution in [-0.2, 0) is 15.3 Å². The second-order valence-corrected chi connectivity index (χ2v) is 11.3. The van der Waals surface area contributed by atoms with Crippen LogP contribution in [0.25, 0.3) is 6.08 Å². The molecule has 41 heavy (non-hydrogen) atoms. The molecule has 1 aliphatic heterocycles. The Morgan fingerprint density at radius 2 is 1.88 bits per heavy atom. The van der Waals surface area contributed by atoms with Crippen molar-refractivity contribution in [3.05, 3.63) is 119 Å². The molecule has 0 aliphatic carbocycles. The third-order valence-electron chi connectivity index (χ3n) is 6.26. The third-order valence-corrected chi connectivity index (χ3v) is 8.36. The molecule has 0 saturated heterocycles. The Hall–Kier alpha value is -4.28. The van der Waals surface area contributed by atoms with E-state index in [0.717, 1.165) is 23.3 Å². The summed E-state index contributed by atoms with van der Waals surface area (Å²) in [4.78, 5) is 28.2. The number of halogens is 1. The molecule has 208 valence electrons. The van der Waals surface area contributed by atoms with E-state index in [1.54, 1.807) is 48.5 Å². The van der Waals surface area contributed by atoms with Crippen molar-refractivity contribution in [2.45, 2.75) is 29.5 Å². The van der Waals surface area contributed by atoms with Gasteiger partial charge in [0.15, 0.2) is 15.9 Å². The standard InChI is InChI=1S/C31H26FN3O4S2/c1-2-17-39-23-13-8-12-21(18-23)27-26(25(36)16-15-20-9-4-3-5-10-20)28(37)29(38)35(27)30-33-34-31(41-30)40-19-22-11-6-7-14-24(22)32/h3-16,18,27,37H,2,17,19H2,1H3/b16-15+. The van der Waals surface area contributed by atoms with Crippen LogP contribution in [0.3, 0.4) is 0 Å². The summed E-state index contributed by atoms with van der Waals surface area (Å²) in [5.74, 6) is -1.32. The number of hydrogen-bond acceptors (Lipinski definition) is 8. The Morgan fingerprint density at radius 1 is 1.10 bits per heavy atom. The van der Waals surface area contributed by atoms with Crippen molar-refractivity contribution in [1.29, 1.82) is 0 Å². The fourth-order valence-electron chi connectivity index (χ4n) is 4.30. The number of ether oxygens (including phenoxy) is 1. The second kappa shape index (κ2) is 12.9. The summed E-state index contributed by atoms with van der Waals surface area (Å²) in [6.45, 7) is 2.50. The van der Waals surface area contributed by atoms with Gasteiger partial charge in [0.1, 0.15) is 11.6 Å². The minimum absolute atomic E-state index is 0.0643. The van der Waals surface area contributed by atoms with Gasteiger partial charge < -0.3 is 9.84 Å². The summed E-state index contributed by atoms with van der Waals surface area (Å²) in [5, 5.41) is 19.6. The van der Waals surface area contributed by atoms with E-state index in [1.165, 1.54) is 28.8 Å². The number of thioether (sulfide) groups is 1. The number of rotatable bonds is 11. The first-order chi connectivity index (χ1) is 20.0. The van der Waals surface area contributed by atoms with Crippen molar-refractivity contribution in [3.8, 4) is 5.75 Å². The minimum Gasteiger partial charge on any atom is -0.503 e. The minimum atomic E-state index is -0.960. The van der Waals surface area contributed by atoms with Crippen LogP contribution in [0.5, 0.6) is 5.75 Å². The molecule has 5 rings (SSSR count). The third kappa shape index (κ3) is 6.39. The van der Waals surface area contributed by atoms with Gasteiger partial charge in [0.2, 0.25) is 5.13 Å². The summed E-state index contributed by atoms with van der Waals surface area (Å²) < 4.78 is 20.4.